The van der Waals surface area contributed by atoms with Crippen molar-refractivity contribution in [3.63, 3.8) is 0 Å². The van der Waals surface area contributed by atoms with E-state index in [2.05, 4.69) is 27.4 Å². The second kappa shape index (κ2) is 5.34. The highest BCUT2D eigenvalue weighted by atomic mass is 16.4. The lowest BCUT2D eigenvalue weighted by atomic mass is 10.1. The van der Waals surface area contributed by atoms with E-state index >= 15 is 0 Å². The molecule has 0 atom stereocenters. The topological polar surface area (TPSA) is 78.0 Å². The van der Waals surface area contributed by atoms with Crippen molar-refractivity contribution in [2.24, 2.45) is 0 Å². The molecule has 1 aromatic carbocycles. The van der Waals surface area contributed by atoms with Crippen LogP contribution in [-0.2, 0) is 0 Å². The Morgan fingerprint density at radius 2 is 2.39 bits per heavy atom. The molecule has 92 valence electrons. The molecule has 18 heavy (non-hydrogen) atoms. The van der Waals surface area contributed by atoms with Crippen molar-refractivity contribution >= 4 is 16.9 Å². The van der Waals surface area contributed by atoms with Crippen LogP contribution in [0.5, 0.6) is 0 Å². The predicted octanol–water partition coefficient (Wildman–Crippen LogP) is 1.22. The highest BCUT2D eigenvalue weighted by molar-refractivity contribution is 6.01. The number of carboxylic acid groups (broad SMARTS) is 1. The molecule has 0 bridgehead atoms. The highest BCUT2D eigenvalue weighted by Gasteiger charge is 2.12. The Balaban J connectivity index is 2.32. The first kappa shape index (κ1) is 12.1. The van der Waals surface area contributed by atoms with Gasteiger partial charge in [-0.05, 0) is 25.2 Å². The van der Waals surface area contributed by atoms with Crippen molar-refractivity contribution in [3.05, 3.63) is 29.5 Å². The maximum absolute atomic E-state index is 11.0. The van der Waals surface area contributed by atoms with Gasteiger partial charge < -0.3 is 10.4 Å². The lowest BCUT2D eigenvalue weighted by Crippen LogP contribution is -2.05. The van der Waals surface area contributed by atoms with Crippen LogP contribution in [0.4, 0.5) is 0 Å². The number of nitrogens with one attached hydrogen (secondary N) is 2. The molecule has 5 nitrogen and oxygen atoms in total. The van der Waals surface area contributed by atoms with Crippen LogP contribution in [-0.4, -0.2) is 34.9 Å². The monoisotopic (exact) mass is 243 g/mol. The van der Waals surface area contributed by atoms with E-state index in [0.29, 0.717) is 10.9 Å². The molecule has 0 saturated heterocycles. The van der Waals surface area contributed by atoms with Gasteiger partial charge in [-0.2, -0.15) is 5.10 Å². The molecule has 0 aliphatic rings. The van der Waals surface area contributed by atoms with E-state index in [0.717, 1.165) is 18.5 Å². The number of aromatic carboxylic acids is 1. The zero-order valence-corrected chi connectivity index (χ0v) is 9.95. The molecule has 1 aromatic heterocycles. The summed E-state index contributed by atoms with van der Waals surface area (Å²) in [6.07, 6.45) is 0.756. The number of nitrogens with zero attached hydrogens (tertiary/aromatic N) is 1. The zero-order valence-electron chi connectivity index (χ0n) is 9.95. The first-order valence-electron chi connectivity index (χ1n) is 5.57. The fourth-order valence-corrected chi connectivity index (χ4v) is 1.61. The van der Waals surface area contributed by atoms with Crippen LogP contribution in [0.25, 0.3) is 10.9 Å². The molecule has 2 rings (SSSR count). The third kappa shape index (κ3) is 2.50. The molecule has 0 aliphatic heterocycles. The number of hydrogen-bond acceptors (Lipinski definition) is 3. The number of aromatic amines is 1. The molecular formula is C13H13N3O2. The summed E-state index contributed by atoms with van der Waals surface area (Å²) in [5.74, 6) is 4.98. The molecule has 0 amide bonds. The molecule has 0 aliphatic carbocycles. The predicted molar refractivity (Wildman–Crippen MR) is 68.5 cm³/mol. The van der Waals surface area contributed by atoms with E-state index in [1.165, 1.54) is 0 Å². The molecule has 0 fully saturated rings. The minimum absolute atomic E-state index is 0.0314. The SMILES string of the molecule is CNCCC#Cc1ccc2[nH]nc(C(=O)O)c2c1. The number of H-pyrrole nitrogens is 1. The molecule has 0 unspecified atom stereocenters. The maximum atomic E-state index is 11.0. The highest BCUT2D eigenvalue weighted by Crippen LogP contribution is 2.17. The summed E-state index contributed by atoms with van der Waals surface area (Å²) in [6.45, 7) is 0.835. The average molecular weight is 243 g/mol. The van der Waals surface area contributed by atoms with Gasteiger partial charge >= 0.3 is 5.97 Å². The second-order valence-electron chi connectivity index (χ2n) is 3.79. The smallest absolute Gasteiger partial charge is 0.357 e. The van der Waals surface area contributed by atoms with E-state index in [1.807, 2.05) is 13.1 Å². The lowest BCUT2D eigenvalue weighted by Gasteiger charge is -1.93. The van der Waals surface area contributed by atoms with E-state index in [4.69, 9.17) is 5.11 Å². The van der Waals surface area contributed by atoms with Gasteiger partial charge in [-0.1, -0.05) is 11.8 Å². The summed E-state index contributed by atoms with van der Waals surface area (Å²) in [6, 6.07) is 5.38. The number of carboxylic acids is 1. The number of aromatic nitrogens is 2. The summed E-state index contributed by atoms with van der Waals surface area (Å²) in [5.41, 5.74) is 1.53. The molecular weight excluding hydrogens is 230 g/mol. The van der Waals surface area contributed by atoms with Crippen LogP contribution in [0.2, 0.25) is 0 Å². The van der Waals surface area contributed by atoms with E-state index in [-0.39, 0.29) is 5.69 Å². The van der Waals surface area contributed by atoms with Crippen molar-refractivity contribution in [3.8, 4) is 11.8 Å². The van der Waals surface area contributed by atoms with Gasteiger partial charge in [0.05, 0.1) is 5.52 Å². The number of benzene rings is 1. The van der Waals surface area contributed by atoms with Crippen molar-refractivity contribution in [2.45, 2.75) is 6.42 Å². The summed E-state index contributed by atoms with van der Waals surface area (Å²) in [5, 5.41) is 19.0. The largest absolute Gasteiger partial charge is 0.476 e. The Labute approximate surface area is 104 Å². The first-order valence-corrected chi connectivity index (χ1v) is 5.57. The fraction of sp³-hybridized carbons (Fsp3) is 0.231. The quantitative estimate of drug-likeness (QED) is 0.559. The van der Waals surface area contributed by atoms with Crippen LogP contribution in [0, 0.1) is 11.8 Å². The van der Waals surface area contributed by atoms with Gasteiger partial charge in [-0.15, -0.1) is 0 Å². The van der Waals surface area contributed by atoms with Crippen molar-refractivity contribution in [1.82, 2.24) is 15.5 Å². The van der Waals surface area contributed by atoms with Gasteiger partial charge in [-0.25, -0.2) is 4.79 Å². The molecule has 0 spiro atoms. The first-order chi connectivity index (χ1) is 8.72. The van der Waals surface area contributed by atoms with Gasteiger partial charge in [0.25, 0.3) is 0 Å². The van der Waals surface area contributed by atoms with Crippen LogP contribution >= 0.6 is 0 Å². The Bertz CT molecular complexity index is 634. The van der Waals surface area contributed by atoms with Gasteiger partial charge in [0.15, 0.2) is 5.69 Å². The number of rotatable bonds is 3. The minimum Gasteiger partial charge on any atom is -0.476 e. The van der Waals surface area contributed by atoms with Gasteiger partial charge in [0, 0.05) is 23.9 Å². The van der Waals surface area contributed by atoms with E-state index in [1.54, 1.807) is 12.1 Å². The fourth-order valence-electron chi connectivity index (χ4n) is 1.61. The standard InChI is InChI=1S/C13H13N3O2/c1-14-7-3-2-4-9-5-6-11-10(8-9)12(13(17)18)16-15-11/h5-6,8,14H,3,7H2,1H3,(H,15,16)(H,17,18). The van der Waals surface area contributed by atoms with Crippen molar-refractivity contribution < 1.29 is 9.90 Å². The molecule has 0 saturated carbocycles. The average Bonchev–Trinajstić information content (AvgIpc) is 2.77. The third-order valence-corrected chi connectivity index (χ3v) is 2.50. The Morgan fingerprint density at radius 1 is 1.56 bits per heavy atom. The molecule has 0 radical (unpaired) electrons. The summed E-state index contributed by atoms with van der Waals surface area (Å²) in [7, 11) is 1.87. The van der Waals surface area contributed by atoms with Gasteiger partial charge in [-0.3, -0.25) is 5.10 Å². The number of carbonyl (C=O) groups is 1. The maximum Gasteiger partial charge on any atom is 0.357 e. The summed E-state index contributed by atoms with van der Waals surface area (Å²) in [4.78, 5) is 11.0. The number of fused-ring (bicyclic) bond motifs is 1. The van der Waals surface area contributed by atoms with E-state index < -0.39 is 5.97 Å². The van der Waals surface area contributed by atoms with Crippen LogP contribution < -0.4 is 5.32 Å². The van der Waals surface area contributed by atoms with Crippen molar-refractivity contribution in [2.75, 3.05) is 13.6 Å². The van der Waals surface area contributed by atoms with Crippen LogP contribution in [0.3, 0.4) is 0 Å². The molecule has 5 heteroatoms. The lowest BCUT2D eigenvalue weighted by molar-refractivity contribution is 0.0692. The Hall–Kier alpha value is -2.32. The van der Waals surface area contributed by atoms with Gasteiger partial charge in [0.2, 0.25) is 0 Å². The third-order valence-electron chi connectivity index (χ3n) is 2.50. The van der Waals surface area contributed by atoms with Crippen LogP contribution in [0.15, 0.2) is 18.2 Å². The normalized spacial score (nSPS) is 10.1. The summed E-state index contributed by atoms with van der Waals surface area (Å²) < 4.78 is 0. The minimum atomic E-state index is -1.04. The number of hydrogen-bond donors (Lipinski definition) is 3. The molecule has 3 N–H and O–H groups in total. The molecule has 2 aromatic rings. The van der Waals surface area contributed by atoms with Crippen LogP contribution in [0.1, 0.15) is 22.5 Å². The van der Waals surface area contributed by atoms with E-state index in [9.17, 15) is 4.79 Å². The van der Waals surface area contributed by atoms with Crippen molar-refractivity contribution in [1.29, 1.82) is 0 Å². The second-order valence-corrected chi connectivity index (χ2v) is 3.79. The van der Waals surface area contributed by atoms with Gasteiger partial charge in [0.1, 0.15) is 0 Å². The summed E-state index contributed by atoms with van der Waals surface area (Å²) >= 11 is 0. The molecule has 1 heterocycles. The Morgan fingerprint density at radius 3 is 3.11 bits per heavy atom. The zero-order chi connectivity index (χ0) is 13.0. The Kier molecular flexibility index (Phi) is 3.60.